The third kappa shape index (κ3) is 6.39. The van der Waals surface area contributed by atoms with Gasteiger partial charge in [0.15, 0.2) is 0 Å². The van der Waals surface area contributed by atoms with Crippen LogP contribution in [0.15, 0.2) is 24.3 Å². The Morgan fingerprint density at radius 3 is 2.71 bits per heavy atom. The van der Waals surface area contributed by atoms with Gasteiger partial charge >= 0.3 is 0 Å². The van der Waals surface area contributed by atoms with E-state index in [0.29, 0.717) is 23.8 Å². The van der Waals surface area contributed by atoms with Crippen molar-refractivity contribution in [2.45, 2.75) is 26.0 Å². The third-order valence-corrected chi connectivity index (χ3v) is 3.36. The number of hydrogen-bond acceptors (Lipinski definition) is 5. The lowest BCUT2D eigenvalue weighted by Crippen LogP contribution is -2.41. The van der Waals surface area contributed by atoms with Crippen LogP contribution >= 0.6 is 12.2 Å². The van der Waals surface area contributed by atoms with Crippen LogP contribution < -0.4 is 10.5 Å². The van der Waals surface area contributed by atoms with Gasteiger partial charge < -0.3 is 20.7 Å². The van der Waals surface area contributed by atoms with E-state index in [2.05, 4.69) is 0 Å². The summed E-state index contributed by atoms with van der Waals surface area (Å²) in [6.07, 6.45) is -0.632. The van der Waals surface area contributed by atoms with Crippen LogP contribution in [0.5, 0.6) is 5.75 Å². The SMILES string of the molecule is CC(C)N(CCO)CC(O)COc1cccc(C(N)=S)c1. The van der Waals surface area contributed by atoms with Crippen LogP contribution in [0.4, 0.5) is 0 Å². The molecule has 0 aliphatic heterocycles. The van der Waals surface area contributed by atoms with Crippen LogP contribution in [0.25, 0.3) is 0 Å². The van der Waals surface area contributed by atoms with Crippen molar-refractivity contribution in [3.63, 3.8) is 0 Å². The van der Waals surface area contributed by atoms with E-state index in [-0.39, 0.29) is 19.3 Å². The molecule has 6 heteroatoms. The molecular formula is C15H24N2O3S. The van der Waals surface area contributed by atoms with Crippen LogP contribution in [-0.2, 0) is 0 Å². The Labute approximate surface area is 131 Å². The Morgan fingerprint density at radius 2 is 2.14 bits per heavy atom. The van der Waals surface area contributed by atoms with Gasteiger partial charge in [-0.2, -0.15) is 0 Å². The summed E-state index contributed by atoms with van der Waals surface area (Å²) in [6.45, 7) is 5.28. The second-order valence-corrected chi connectivity index (χ2v) is 5.61. The number of ether oxygens (including phenoxy) is 1. The van der Waals surface area contributed by atoms with Crippen LogP contribution in [0.2, 0.25) is 0 Å². The average molecular weight is 312 g/mol. The number of aliphatic hydroxyl groups excluding tert-OH is 2. The molecule has 0 amide bonds. The highest BCUT2D eigenvalue weighted by Gasteiger charge is 2.15. The largest absolute Gasteiger partial charge is 0.491 e. The van der Waals surface area contributed by atoms with Crippen LogP contribution in [0, 0.1) is 0 Å². The van der Waals surface area contributed by atoms with Crippen molar-refractivity contribution in [1.82, 2.24) is 4.90 Å². The van der Waals surface area contributed by atoms with E-state index in [9.17, 15) is 5.11 Å². The van der Waals surface area contributed by atoms with Crippen LogP contribution in [0.3, 0.4) is 0 Å². The fraction of sp³-hybridized carbons (Fsp3) is 0.533. The van der Waals surface area contributed by atoms with E-state index in [1.54, 1.807) is 12.1 Å². The van der Waals surface area contributed by atoms with Gasteiger partial charge in [-0.15, -0.1) is 0 Å². The van der Waals surface area contributed by atoms with E-state index in [0.717, 1.165) is 5.56 Å². The summed E-state index contributed by atoms with van der Waals surface area (Å²) >= 11 is 4.91. The van der Waals surface area contributed by atoms with Gasteiger partial charge in [-0.25, -0.2) is 0 Å². The lowest BCUT2D eigenvalue weighted by molar-refractivity contribution is 0.0502. The lowest BCUT2D eigenvalue weighted by Gasteiger charge is -2.27. The summed E-state index contributed by atoms with van der Waals surface area (Å²) in [7, 11) is 0. The first-order chi connectivity index (χ1) is 9.93. The molecule has 0 radical (unpaired) electrons. The third-order valence-electron chi connectivity index (χ3n) is 3.12. The summed E-state index contributed by atoms with van der Waals surface area (Å²) in [5.74, 6) is 0.623. The first-order valence-corrected chi connectivity index (χ1v) is 7.40. The number of aliphatic hydroxyl groups is 2. The first-order valence-electron chi connectivity index (χ1n) is 6.99. The van der Waals surface area contributed by atoms with Gasteiger partial charge in [0.1, 0.15) is 23.4 Å². The van der Waals surface area contributed by atoms with Crippen molar-refractivity contribution >= 4 is 17.2 Å². The topological polar surface area (TPSA) is 79.0 Å². The Kier molecular flexibility index (Phi) is 7.60. The molecule has 0 bridgehead atoms. The van der Waals surface area contributed by atoms with Gasteiger partial charge in [0.25, 0.3) is 0 Å². The number of benzene rings is 1. The highest BCUT2D eigenvalue weighted by atomic mass is 32.1. The first kappa shape index (κ1) is 17.8. The van der Waals surface area contributed by atoms with Crippen molar-refractivity contribution < 1.29 is 14.9 Å². The van der Waals surface area contributed by atoms with Crippen LogP contribution in [-0.4, -0.2) is 58.6 Å². The number of rotatable bonds is 9. The van der Waals surface area contributed by atoms with Crippen molar-refractivity contribution in [2.24, 2.45) is 5.73 Å². The highest BCUT2D eigenvalue weighted by molar-refractivity contribution is 7.80. The minimum Gasteiger partial charge on any atom is -0.491 e. The summed E-state index contributed by atoms with van der Waals surface area (Å²) in [5, 5.41) is 19.0. The molecule has 118 valence electrons. The van der Waals surface area contributed by atoms with Crippen molar-refractivity contribution in [1.29, 1.82) is 0 Å². The molecule has 0 aliphatic rings. The molecule has 0 spiro atoms. The zero-order valence-corrected chi connectivity index (χ0v) is 13.3. The van der Waals surface area contributed by atoms with Gasteiger partial charge in [0.2, 0.25) is 0 Å². The zero-order chi connectivity index (χ0) is 15.8. The van der Waals surface area contributed by atoms with E-state index >= 15 is 0 Å². The van der Waals surface area contributed by atoms with Gasteiger partial charge in [0.05, 0.1) is 6.61 Å². The summed E-state index contributed by atoms with van der Waals surface area (Å²) in [5.41, 5.74) is 6.30. The summed E-state index contributed by atoms with van der Waals surface area (Å²) < 4.78 is 5.56. The molecule has 0 aliphatic carbocycles. The number of hydrogen-bond donors (Lipinski definition) is 3. The predicted molar refractivity (Wildman–Crippen MR) is 87.6 cm³/mol. The van der Waals surface area contributed by atoms with E-state index in [1.807, 2.05) is 30.9 Å². The molecule has 0 fully saturated rings. The number of thiocarbonyl (C=S) groups is 1. The molecule has 1 rings (SSSR count). The number of nitrogens with two attached hydrogens (primary N) is 1. The Balaban J connectivity index is 2.50. The van der Waals surface area contributed by atoms with Crippen molar-refractivity contribution in [3.8, 4) is 5.75 Å². The van der Waals surface area contributed by atoms with Gasteiger partial charge in [-0.05, 0) is 26.0 Å². The van der Waals surface area contributed by atoms with E-state index in [4.69, 9.17) is 27.8 Å². The molecule has 1 atom stereocenters. The lowest BCUT2D eigenvalue weighted by atomic mass is 10.2. The van der Waals surface area contributed by atoms with Gasteiger partial charge in [0, 0.05) is 24.7 Å². The molecule has 5 nitrogen and oxygen atoms in total. The van der Waals surface area contributed by atoms with Gasteiger partial charge in [-0.3, -0.25) is 4.90 Å². The summed E-state index contributed by atoms with van der Waals surface area (Å²) in [4.78, 5) is 2.31. The Bertz CT molecular complexity index is 454. The molecular weight excluding hydrogens is 288 g/mol. The van der Waals surface area contributed by atoms with E-state index in [1.165, 1.54) is 0 Å². The molecule has 0 saturated heterocycles. The van der Waals surface area contributed by atoms with Crippen LogP contribution in [0.1, 0.15) is 19.4 Å². The zero-order valence-electron chi connectivity index (χ0n) is 12.5. The molecule has 1 unspecified atom stereocenters. The molecule has 0 aromatic heterocycles. The summed E-state index contributed by atoms with van der Waals surface area (Å²) in [6, 6.07) is 7.42. The predicted octanol–water partition coefficient (Wildman–Crippen LogP) is 0.763. The van der Waals surface area contributed by atoms with Gasteiger partial charge in [-0.1, -0.05) is 24.4 Å². The highest BCUT2D eigenvalue weighted by Crippen LogP contribution is 2.13. The standard InChI is InChI=1S/C15H24N2O3S/c1-11(2)17(6-7-18)9-13(19)10-20-14-5-3-4-12(8-14)15(16)21/h3-5,8,11,13,18-19H,6-7,9-10H2,1-2H3,(H2,16,21). The second-order valence-electron chi connectivity index (χ2n) is 5.17. The monoisotopic (exact) mass is 312 g/mol. The normalized spacial score (nSPS) is 12.7. The maximum atomic E-state index is 10.0. The molecule has 1 aromatic carbocycles. The Morgan fingerprint density at radius 1 is 1.43 bits per heavy atom. The maximum absolute atomic E-state index is 10.0. The Hall–Kier alpha value is -1.21. The minimum atomic E-state index is -0.632. The second kappa shape index (κ2) is 8.94. The van der Waals surface area contributed by atoms with Crippen molar-refractivity contribution in [2.75, 3.05) is 26.3 Å². The average Bonchev–Trinajstić information content (AvgIpc) is 2.45. The maximum Gasteiger partial charge on any atom is 0.120 e. The molecule has 1 aromatic rings. The fourth-order valence-electron chi connectivity index (χ4n) is 1.94. The van der Waals surface area contributed by atoms with E-state index < -0.39 is 6.10 Å². The smallest absolute Gasteiger partial charge is 0.120 e. The quantitative estimate of drug-likeness (QED) is 0.584. The molecule has 4 N–H and O–H groups in total. The minimum absolute atomic E-state index is 0.0712. The molecule has 0 heterocycles. The fourth-order valence-corrected chi connectivity index (χ4v) is 2.07. The molecule has 0 saturated carbocycles. The number of nitrogens with zero attached hydrogens (tertiary/aromatic N) is 1. The molecule has 21 heavy (non-hydrogen) atoms. The van der Waals surface area contributed by atoms with Crippen molar-refractivity contribution in [3.05, 3.63) is 29.8 Å².